The Bertz CT molecular complexity index is 438. The molecule has 0 spiro atoms. The number of rotatable bonds is 2. The minimum atomic E-state index is -0.543. The highest BCUT2D eigenvalue weighted by atomic mass is 16.5. The summed E-state index contributed by atoms with van der Waals surface area (Å²) in [6.07, 6.45) is 1.65. The number of hydrogen-bond donors (Lipinski definition) is 1. The van der Waals surface area contributed by atoms with Crippen molar-refractivity contribution in [2.75, 3.05) is 0 Å². The van der Waals surface area contributed by atoms with Crippen LogP contribution < -0.4 is 5.32 Å². The lowest BCUT2D eigenvalue weighted by molar-refractivity contribution is -0.123. The Labute approximate surface area is 93.3 Å². The third-order valence-electron chi connectivity index (χ3n) is 2.65. The summed E-state index contributed by atoms with van der Waals surface area (Å²) in [5, 5.41) is 2.66. The van der Waals surface area contributed by atoms with Gasteiger partial charge in [-0.3, -0.25) is 10.1 Å². The Morgan fingerprint density at radius 1 is 1.25 bits per heavy atom. The number of nitrogens with one attached hydrogen (secondary N) is 1. The number of ether oxygens (including phenoxy) is 1. The predicted molar refractivity (Wildman–Crippen MR) is 58.9 cm³/mol. The normalized spacial score (nSPS) is 26.6. The summed E-state index contributed by atoms with van der Waals surface area (Å²) in [6, 6.07) is 10.2. The fraction of sp³-hybridized carbons (Fsp3) is 0.333. The van der Waals surface area contributed by atoms with Gasteiger partial charge in [-0.15, -0.1) is 0 Å². The van der Waals surface area contributed by atoms with Crippen molar-refractivity contribution in [2.24, 2.45) is 4.99 Å². The third kappa shape index (κ3) is 1.78. The second-order valence-corrected chi connectivity index (χ2v) is 4.06. The van der Waals surface area contributed by atoms with E-state index in [0.717, 1.165) is 18.4 Å². The van der Waals surface area contributed by atoms with Gasteiger partial charge in [0.25, 0.3) is 11.9 Å². The minimum Gasteiger partial charge on any atom is -0.447 e. The Balaban J connectivity index is 1.80. The summed E-state index contributed by atoms with van der Waals surface area (Å²) in [5.74, 6) is -0.134. The third-order valence-corrected chi connectivity index (χ3v) is 2.65. The molecule has 1 N–H and O–H groups in total. The highest BCUT2D eigenvalue weighted by Crippen LogP contribution is 2.26. The van der Waals surface area contributed by atoms with Gasteiger partial charge in [0, 0.05) is 5.56 Å². The smallest absolute Gasteiger partial charge is 0.292 e. The molecule has 82 valence electrons. The molecule has 1 amide bonds. The summed E-state index contributed by atoms with van der Waals surface area (Å²) < 4.78 is 5.50. The molecule has 4 nitrogen and oxygen atoms in total. The van der Waals surface area contributed by atoms with Gasteiger partial charge in [0.15, 0.2) is 0 Å². The lowest BCUT2D eigenvalue weighted by Crippen LogP contribution is -2.22. The number of benzene rings is 1. The largest absolute Gasteiger partial charge is 0.447 e. The van der Waals surface area contributed by atoms with Crippen LogP contribution in [0.2, 0.25) is 0 Å². The number of amidine groups is 1. The number of carbonyl (C=O) groups is 1. The molecule has 1 aromatic carbocycles. The van der Waals surface area contributed by atoms with Crippen LogP contribution in [0.15, 0.2) is 35.3 Å². The molecule has 4 heteroatoms. The van der Waals surface area contributed by atoms with E-state index in [1.54, 1.807) is 0 Å². The minimum absolute atomic E-state index is 0.134. The summed E-state index contributed by atoms with van der Waals surface area (Å²) in [6.45, 7) is 0. The number of hydrogen-bond acceptors (Lipinski definition) is 3. The molecule has 1 aliphatic heterocycles. The molecule has 2 fully saturated rings. The molecule has 2 aliphatic rings. The molecule has 1 saturated heterocycles. The Morgan fingerprint density at radius 2 is 2.00 bits per heavy atom. The van der Waals surface area contributed by atoms with Crippen molar-refractivity contribution in [1.29, 1.82) is 0 Å². The van der Waals surface area contributed by atoms with Crippen molar-refractivity contribution >= 4 is 11.9 Å². The van der Waals surface area contributed by atoms with Gasteiger partial charge in [0.2, 0.25) is 6.10 Å². The number of nitrogens with zero attached hydrogens (tertiary/aromatic N) is 1. The zero-order valence-corrected chi connectivity index (χ0v) is 8.72. The van der Waals surface area contributed by atoms with Crippen molar-refractivity contribution in [3.05, 3.63) is 35.9 Å². The molecule has 1 aromatic rings. The fourth-order valence-corrected chi connectivity index (χ4v) is 1.64. The highest BCUT2D eigenvalue weighted by molar-refractivity contribution is 6.02. The molecule has 16 heavy (non-hydrogen) atoms. The highest BCUT2D eigenvalue weighted by Gasteiger charge is 2.33. The standard InChI is InChI=1S/C12H12N2O2/c15-11-10(8-4-2-1-3-5-8)16-12(14-11)13-9-6-7-9/h1-5,9-10H,6-7H2,(H,13,14,15)/t10-/m1/s1. The first kappa shape index (κ1) is 9.39. The van der Waals surface area contributed by atoms with Gasteiger partial charge in [0.1, 0.15) is 0 Å². The molecular weight excluding hydrogens is 204 g/mol. The topological polar surface area (TPSA) is 50.7 Å². The van der Waals surface area contributed by atoms with Crippen LogP contribution in [-0.4, -0.2) is 18.0 Å². The Hall–Kier alpha value is -1.84. The van der Waals surface area contributed by atoms with Crippen LogP contribution in [0, 0.1) is 0 Å². The summed E-state index contributed by atoms with van der Waals surface area (Å²) >= 11 is 0. The maximum Gasteiger partial charge on any atom is 0.292 e. The maximum absolute atomic E-state index is 11.7. The van der Waals surface area contributed by atoms with E-state index in [2.05, 4.69) is 10.3 Å². The Morgan fingerprint density at radius 3 is 2.69 bits per heavy atom. The molecule has 1 heterocycles. The van der Waals surface area contributed by atoms with E-state index >= 15 is 0 Å². The summed E-state index contributed by atoms with van der Waals surface area (Å²) in [7, 11) is 0. The van der Waals surface area contributed by atoms with Crippen molar-refractivity contribution in [1.82, 2.24) is 5.32 Å². The van der Waals surface area contributed by atoms with Gasteiger partial charge in [-0.1, -0.05) is 30.3 Å². The Kier molecular flexibility index (Phi) is 2.13. The van der Waals surface area contributed by atoms with Crippen LogP contribution in [0.4, 0.5) is 0 Å². The zero-order valence-electron chi connectivity index (χ0n) is 8.72. The lowest BCUT2D eigenvalue weighted by Gasteiger charge is -2.06. The van der Waals surface area contributed by atoms with Gasteiger partial charge in [-0.2, -0.15) is 0 Å². The van der Waals surface area contributed by atoms with E-state index in [1.807, 2.05) is 30.3 Å². The van der Waals surface area contributed by atoms with Crippen LogP contribution in [-0.2, 0) is 9.53 Å². The summed E-state index contributed by atoms with van der Waals surface area (Å²) in [5.41, 5.74) is 0.862. The van der Waals surface area contributed by atoms with E-state index in [1.165, 1.54) is 0 Å². The first-order valence-corrected chi connectivity index (χ1v) is 5.43. The van der Waals surface area contributed by atoms with Gasteiger partial charge in [0.05, 0.1) is 6.04 Å². The van der Waals surface area contributed by atoms with E-state index < -0.39 is 6.10 Å². The zero-order chi connectivity index (χ0) is 11.0. The summed E-state index contributed by atoms with van der Waals surface area (Å²) in [4.78, 5) is 15.9. The molecule has 0 unspecified atom stereocenters. The average Bonchev–Trinajstić information content (AvgIpc) is 3.03. The first-order valence-electron chi connectivity index (χ1n) is 5.43. The molecule has 0 bridgehead atoms. The van der Waals surface area contributed by atoms with Crippen molar-refractivity contribution in [3.63, 3.8) is 0 Å². The number of carbonyl (C=O) groups excluding carboxylic acids is 1. The van der Waals surface area contributed by atoms with Crippen molar-refractivity contribution in [3.8, 4) is 0 Å². The van der Waals surface area contributed by atoms with Crippen LogP contribution in [0.1, 0.15) is 24.5 Å². The van der Waals surface area contributed by atoms with Crippen molar-refractivity contribution < 1.29 is 9.53 Å². The van der Waals surface area contributed by atoms with Crippen LogP contribution >= 0.6 is 0 Å². The van der Waals surface area contributed by atoms with E-state index in [9.17, 15) is 4.79 Å². The fourth-order valence-electron chi connectivity index (χ4n) is 1.64. The molecule has 1 aliphatic carbocycles. The molecular formula is C12H12N2O2. The van der Waals surface area contributed by atoms with E-state index in [-0.39, 0.29) is 5.91 Å². The SMILES string of the molecule is O=C1NC(=NC2CC2)O[C@@H]1c1ccccc1. The van der Waals surface area contributed by atoms with E-state index in [4.69, 9.17) is 4.74 Å². The number of aliphatic imine (C=N–C) groups is 1. The molecule has 3 rings (SSSR count). The maximum atomic E-state index is 11.7. The van der Waals surface area contributed by atoms with Gasteiger partial charge >= 0.3 is 0 Å². The lowest BCUT2D eigenvalue weighted by atomic mass is 10.1. The predicted octanol–water partition coefficient (Wildman–Crippen LogP) is 1.39. The van der Waals surface area contributed by atoms with Crippen LogP contribution in [0.3, 0.4) is 0 Å². The average molecular weight is 216 g/mol. The van der Waals surface area contributed by atoms with Crippen LogP contribution in [0.25, 0.3) is 0 Å². The second kappa shape index (κ2) is 3.63. The van der Waals surface area contributed by atoms with Gasteiger partial charge in [-0.05, 0) is 12.8 Å². The second-order valence-electron chi connectivity index (χ2n) is 4.06. The molecule has 0 radical (unpaired) electrons. The van der Waals surface area contributed by atoms with Gasteiger partial charge in [-0.25, -0.2) is 4.99 Å². The van der Waals surface area contributed by atoms with E-state index in [0.29, 0.717) is 12.1 Å². The molecule has 1 atom stereocenters. The number of amides is 1. The molecule has 1 saturated carbocycles. The van der Waals surface area contributed by atoms with Crippen molar-refractivity contribution in [2.45, 2.75) is 25.0 Å². The first-order chi connectivity index (χ1) is 7.83. The van der Waals surface area contributed by atoms with Gasteiger partial charge < -0.3 is 4.74 Å². The quantitative estimate of drug-likeness (QED) is 0.812. The van der Waals surface area contributed by atoms with Crippen LogP contribution in [0.5, 0.6) is 0 Å². The monoisotopic (exact) mass is 216 g/mol. The molecule has 0 aromatic heterocycles.